The van der Waals surface area contributed by atoms with Gasteiger partial charge < -0.3 is 20.5 Å². The second kappa shape index (κ2) is 8.23. The maximum Gasteiger partial charge on any atom is 0.236 e. The number of para-hydroxylation sites is 1. The smallest absolute Gasteiger partial charge is 0.236 e. The minimum atomic E-state index is -0.291. The third-order valence-corrected chi connectivity index (χ3v) is 6.63. The summed E-state index contributed by atoms with van der Waals surface area (Å²) in [6.45, 7) is 5.85. The Morgan fingerprint density at radius 2 is 1.94 bits per heavy atom. The molecule has 0 saturated carbocycles. The van der Waals surface area contributed by atoms with Gasteiger partial charge >= 0.3 is 0 Å². The quantitative estimate of drug-likeness (QED) is 0.642. The van der Waals surface area contributed by atoms with Gasteiger partial charge in [0.25, 0.3) is 0 Å². The molecule has 3 heterocycles. The summed E-state index contributed by atoms with van der Waals surface area (Å²) >= 11 is 0. The van der Waals surface area contributed by atoms with Gasteiger partial charge in [-0.05, 0) is 42.8 Å². The zero-order valence-corrected chi connectivity index (χ0v) is 17.6. The zero-order valence-electron chi connectivity index (χ0n) is 17.6. The Balaban J connectivity index is 1.18. The van der Waals surface area contributed by atoms with Crippen LogP contribution in [0.15, 0.2) is 48.7 Å². The lowest BCUT2D eigenvalue weighted by Crippen LogP contribution is -2.47. The number of rotatable bonds is 6. The van der Waals surface area contributed by atoms with Crippen LogP contribution in [0.3, 0.4) is 0 Å². The van der Waals surface area contributed by atoms with E-state index in [-0.39, 0.29) is 18.3 Å². The van der Waals surface area contributed by atoms with Crippen LogP contribution < -0.4 is 15.5 Å². The third-order valence-electron chi connectivity index (χ3n) is 6.63. The van der Waals surface area contributed by atoms with Crippen molar-refractivity contribution < 1.29 is 9.18 Å². The van der Waals surface area contributed by atoms with Gasteiger partial charge in [0.1, 0.15) is 5.82 Å². The summed E-state index contributed by atoms with van der Waals surface area (Å²) in [5, 5.41) is 0.915. The highest BCUT2D eigenvalue weighted by Gasteiger charge is 2.29. The molecule has 3 N–H and O–H groups in total. The van der Waals surface area contributed by atoms with Gasteiger partial charge in [-0.1, -0.05) is 18.2 Å². The first-order valence-corrected chi connectivity index (χ1v) is 10.9. The Morgan fingerprint density at radius 3 is 2.74 bits per heavy atom. The van der Waals surface area contributed by atoms with E-state index in [9.17, 15) is 9.18 Å². The number of nitrogens with two attached hydrogens (primary N) is 1. The van der Waals surface area contributed by atoms with Crippen LogP contribution >= 0.6 is 0 Å². The number of primary amides is 1. The predicted molar refractivity (Wildman–Crippen MR) is 122 cm³/mol. The monoisotopic (exact) mass is 421 g/mol. The molecule has 2 aliphatic heterocycles. The molecule has 1 aromatic heterocycles. The number of aromatic nitrogens is 1. The molecule has 2 aliphatic rings. The topological polar surface area (TPSA) is 68.6 Å². The molecule has 2 aromatic carbocycles. The summed E-state index contributed by atoms with van der Waals surface area (Å²) < 4.78 is 14.3. The number of H-pyrrole nitrogens is 1. The Labute approximate surface area is 181 Å². The number of carbonyl (C=O) groups excluding carboxylic acids is 1. The number of piperazine rings is 1. The lowest BCUT2D eigenvalue weighted by Gasteiger charge is -2.36. The summed E-state index contributed by atoms with van der Waals surface area (Å²) in [4.78, 5) is 21.3. The number of fused-ring (bicyclic) bond motifs is 2. The molecule has 0 bridgehead atoms. The van der Waals surface area contributed by atoms with Crippen molar-refractivity contribution in [3.05, 3.63) is 60.0 Å². The maximum absolute atomic E-state index is 14.3. The van der Waals surface area contributed by atoms with Gasteiger partial charge in [0.05, 0.1) is 12.1 Å². The van der Waals surface area contributed by atoms with Crippen LogP contribution in [-0.4, -0.2) is 61.6 Å². The molecule has 5 rings (SSSR count). The first-order chi connectivity index (χ1) is 15.1. The fourth-order valence-electron chi connectivity index (χ4n) is 5.03. The zero-order chi connectivity index (χ0) is 21.4. The van der Waals surface area contributed by atoms with E-state index in [4.69, 9.17) is 5.73 Å². The Bertz CT molecular complexity index is 1090. The van der Waals surface area contributed by atoms with E-state index in [0.717, 1.165) is 62.5 Å². The number of nitrogens with zero attached hydrogens (tertiary/aromatic N) is 3. The highest BCUT2D eigenvalue weighted by atomic mass is 19.1. The molecule has 6 nitrogen and oxygen atoms in total. The summed E-state index contributed by atoms with van der Waals surface area (Å²) in [6, 6.07) is 14.0. The van der Waals surface area contributed by atoms with E-state index < -0.39 is 0 Å². The van der Waals surface area contributed by atoms with E-state index in [1.54, 1.807) is 12.3 Å². The minimum Gasteiger partial charge on any atom is -0.369 e. The molecule has 0 unspecified atom stereocenters. The normalized spacial score (nSPS) is 19.2. The summed E-state index contributed by atoms with van der Waals surface area (Å²) in [7, 11) is 0. The largest absolute Gasteiger partial charge is 0.369 e. The molecule has 1 saturated heterocycles. The van der Waals surface area contributed by atoms with Crippen LogP contribution in [0.2, 0.25) is 0 Å². The Hall–Kier alpha value is -3.06. The van der Waals surface area contributed by atoms with Gasteiger partial charge in [-0.15, -0.1) is 0 Å². The number of anilines is 2. The first-order valence-electron chi connectivity index (χ1n) is 10.9. The van der Waals surface area contributed by atoms with E-state index in [1.807, 2.05) is 12.1 Å². The number of nitrogens with one attached hydrogen (secondary N) is 1. The number of halogens is 1. The first kappa shape index (κ1) is 19.9. The Kier molecular flexibility index (Phi) is 5.28. The number of benzene rings is 2. The molecule has 1 atom stereocenters. The fraction of sp³-hybridized carbons (Fsp3) is 0.375. The van der Waals surface area contributed by atoms with Gasteiger partial charge in [-0.2, -0.15) is 0 Å². The van der Waals surface area contributed by atoms with Crippen LogP contribution in [-0.2, 0) is 4.79 Å². The van der Waals surface area contributed by atoms with Crippen molar-refractivity contribution >= 4 is 28.2 Å². The molecule has 1 amide bonds. The van der Waals surface area contributed by atoms with Gasteiger partial charge in [0.2, 0.25) is 5.91 Å². The van der Waals surface area contributed by atoms with Gasteiger partial charge in [-0.3, -0.25) is 9.69 Å². The molecule has 162 valence electrons. The molecular formula is C24H28FN5O. The van der Waals surface area contributed by atoms with Crippen LogP contribution in [0.4, 0.5) is 15.8 Å². The van der Waals surface area contributed by atoms with E-state index in [2.05, 4.69) is 43.9 Å². The van der Waals surface area contributed by atoms with Crippen LogP contribution in [0.1, 0.15) is 17.9 Å². The second-order valence-electron chi connectivity index (χ2n) is 8.59. The summed E-state index contributed by atoms with van der Waals surface area (Å²) in [5.41, 5.74) is 9.42. The highest BCUT2D eigenvalue weighted by molar-refractivity contribution is 5.84. The van der Waals surface area contributed by atoms with Crippen molar-refractivity contribution in [3.63, 3.8) is 0 Å². The van der Waals surface area contributed by atoms with Crippen LogP contribution in [0.5, 0.6) is 0 Å². The fourth-order valence-corrected chi connectivity index (χ4v) is 5.03. The lowest BCUT2D eigenvalue weighted by molar-refractivity contribution is -0.116. The average molecular weight is 422 g/mol. The molecule has 0 radical (unpaired) electrons. The molecule has 0 spiro atoms. The second-order valence-corrected chi connectivity index (χ2v) is 8.59. The van der Waals surface area contributed by atoms with Gasteiger partial charge in [0, 0.05) is 61.6 Å². The molecule has 0 aliphatic carbocycles. The van der Waals surface area contributed by atoms with Crippen molar-refractivity contribution in [2.24, 2.45) is 5.73 Å². The standard InChI is InChI=1S/C24H28FN5O/c25-21-14-19(13-17-5-7-27-24(17)21)29-11-9-28(10-12-29)8-6-18-15-30(16-23(26)31)22-4-2-1-3-20(18)22/h1-5,7,13-14,18,27H,6,8-12,15-16H2,(H2,26,31)/t18-/m1/s1. The van der Waals surface area contributed by atoms with E-state index in [0.29, 0.717) is 11.4 Å². The number of hydrogen-bond donors (Lipinski definition) is 2. The third kappa shape index (κ3) is 3.97. The van der Waals surface area contributed by atoms with Crippen molar-refractivity contribution in [2.75, 3.05) is 55.6 Å². The number of amides is 1. The molecule has 7 heteroatoms. The average Bonchev–Trinajstić information content (AvgIpc) is 3.38. The van der Waals surface area contributed by atoms with Crippen LogP contribution in [0, 0.1) is 5.82 Å². The van der Waals surface area contributed by atoms with Gasteiger partial charge in [0.15, 0.2) is 0 Å². The van der Waals surface area contributed by atoms with Crippen molar-refractivity contribution in [1.82, 2.24) is 9.88 Å². The van der Waals surface area contributed by atoms with E-state index in [1.165, 1.54) is 5.56 Å². The lowest BCUT2D eigenvalue weighted by atomic mass is 9.97. The van der Waals surface area contributed by atoms with E-state index >= 15 is 0 Å². The number of hydrogen-bond acceptors (Lipinski definition) is 4. The highest BCUT2D eigenvalue weighted by Crippen LogP contribution is 2.37. The van der Waals surface area contributed by atoms with Crippen molar-refractivity contribution in [2.45, 2.75) is 12.3 Å². The predicted octanol–water partition coefficient (Wildman–Crippen LogP) is 2.91. The number of carbonyl (C=O) groups is 1. The van der Waals surface area contributed by atoms with Crippen molar-refractivity contribution in [1.29, 1.82) is 0 Å². The molecule has 3 aromatic rings. The SMILES string of the molecule is NC(=O)CN1C[C@@H](CCN2CCN(c3cc(F)c4[nH]ccc4c3)CC2)c2ccccc21. The maximum atomic E-state index is 14.3. The minimum absolute atomic E-state index is 0.194. The Morgan fingerprint density at radius 1 is 1.13 bits per heavy atom. The molecule has 1 fully saturated rings. The van der Waals surface area contributed by atoms with Gasteiger partial charge in [-0.25, -0.2) is 4.39 Å². The molecule has 31 heavy (non-hydrogen) atoms. The number of aromatic amines is 1. The summed E-state index contributed by atoms with van der Waals surface area (Å²) in [6.07, 6.45) is 2.83. The van der Waals surface area contributed by atoms with Crippen LogP contribution in [0.25, 0.3) is 10.9 Å². The molecular weight excluding hydrogens is 393 g/mol. The summed E-state index contributed by atoms with van der Waals surface area (Å²) in [5.74, 6) is -0.0696. The van der Waals surface area contributed by atoms with Crippen molar-refractivity contribution in [3.8, 4) is 0 Å².